The molecule has 0 aliphatic heterocycles. The van der Waals surface area contributed by atoms with Gasteiger partial charge in [-0.1, -0.05) is 12.1 Å². The van der Waals surface area contributed by atoms with E-state index in [1.54, 1.807) is 53.6 Å². The lowest BCUT2D eigenvalue weighted by atomic mass is 10.1. The molecular weight excluding hydrogens is 295 g/mol. The molecule has 3 rings (SSSR count). The van der Waals surface area contributed by atoms with E-state index in [9.17, 15) is 9.18 Å². The number of nitrogens with one attached hydrogen (secondary N) is 1. The fourth-order valence-electron chi connectivity index (χ4n) is 2.36. The van der Waals surface area contributed by atoms with Gasteiger partial charge in [0.2, 0.25) is 0 Å². The molecule has 2 heterocycles. The zero-order valence-corrected chi connectivity index (χ0v) is 12.5. The third-order valence-electron chi connectivity index (χ3n) is 3.52. The predicted molar refractivity (Wildman–Crippen MR) is 83.2 cm³/mol. The Hall–Kier alpha value is -3.02. The van der Waals surface area contributed by atoms with Crippen molar-refractivity contribution in [1.29, 1.82) is 0 Å². The van der Waals surface area contributed by atoms with Gasteiger partial charge in [-0.3, -0.25) is 9.78 Å². The van der Waals surface area contributed by atoms with Crippen molar-refractivity contribution in [3.05, 3.63) is 84.0 Å². The summed E-state index contributed by atoms with van der Waals surface area (Å²) in [6.07, 6.45) is 6.51. The molecule has 0 fully saturated rings. The topological polar surface area (TPSA) is 59.8 Å². The molecule has 1 N–H and O–H groups in total. The first kappa shape index (κ1) is 14.9. The van der Waals surface area contributed by atoms with Gasteiger partial charge < -0.3 is 9.88 Å². The van der Waals surface area contributed by atoms with Crippen LogP contribution in [0.5, 0.6) is 0 Å². The zero-order valence-electron chi connectivity index (χ0n) is 12.5. The average Bonchev–Trinajstić information content (AvgIpc) is 2.99. The molecule has 0 aliphatic rings. The Balaban J connectivity index is 1.96. The summed E-state index contributed by atoms with van der Waals surface area (Å²) in [7, 11) is 1.83. The van der Waals surface area contributed by atoms with Crippen LogP contribution in [0.15, 0.2) is 61.2 Å². The van der Waals surface area contributed by atoms with Gasteiger partial charge in [-0.2, -0.15) is 0 Å². The Morgan fingerprint density at radius 3 is 2.65 bits per heavy atom. The zero-order chi connectivity index (χ0) is 16.2. The first-order valence-corrected chi connectivity index (χ1v) is 7.09. The molecule has 1 aromatic carbocycles. The summed E-state index contributed by atoms with van der Waals surface area (Å²) >= 11 is 0. The number of benzene rings is 1. The third-order valence-corrected chi connectivity index (χ3v) is 3.52. The van der Waals surface area contributed by atoms with Crippen molar-refractivity contribution < 1.29 is 9.18 Å². The van der Waals surface area contributed by atoms with E-state index in [1.807, 2.05) is 7.05 Å². The molecule has 1 amide bonds. The Bertz CT molecular complexity index is 816. The Kier molecular flexibility index (Phi) is 4.14. The molecule has 0 saturated heterocycles. The smallest absolute Gasteiger partial charge is 0.252 e. The number of hydrogen-bond donors (Lipinski definition) is 1. The van der Waals surface area contributed by atoms with Crippen LogP contribution in [0.3, 0.4) is 0 Å². The van der Waals surface area contributed by atoms with Crippen LogP contribution in [0.2, 0.25) is 0 Å². The quantitative estimate of drug-likeness (QED) is 0.805. The fourth-order valence-corrected chi connectivity index (χ4v) is 2.36. The maximum Gasteiger partial charge on any atom is 0.252 e. The fraction of sp³-hybridized carbons (Fsp3) is 0.118. The molecule has 3 aromatic rings. The summed E-state index contributed by atoms with van der Waals surface area (Å²) in [4.78, 5) is 20.6. The second-order valence-electron chi connectivity index (χ2n) is 5.09. The summed E-state index contributed by atoms with van der Waals surface area (Å²) in [5.41, 5.74) is 1.11. The molecular formula is C17H15FN4O. The van der Waals surface area contributed by atoms with Crippen molar-refractivity contribution in [3.8, 4) is 0 Å². The van der Waals surface area contributed by atoms with Gasteiger partial charge in [-0.15, -0.1) is 0 Å². The molecule has 0 aliphatic carbocycles. The van der Waals surface area contributed by atoms with Crippen LogP contribution < -0.4 is 5.32 Å². The summed E-state index contributed by atoms with van der Waals surface area (Å²) in [6.45, 7) is 0. The SMILES string of the molecule is Cn1ccnc1[C@@H](NC(=O)c1ccncc1)c1cccc(F)c1. The summed E-state index contributed by atoms with van der Waals surface area (Å²) in [5.74, 6) is -0.0115. The van der Waals surface area contributed by atoms with Gasteiger partial charge >= 0.3 is 0 Å². The number of carbonyl (C=O) groups excluding carboxylic acids is 1. The number of aromatic nitrogens is 3. The highest BCUT2D eigenvalue weighted by atomic mass is 19.1. The van der Waals surface area contributed by atoms with Crippen LogP contribution in [-0.4, -0.2) is 20.4 Å². The van der Waals surface area contributed by atoms with Gasteiger partial charge in [0.1, 0.15) is 17.7 Å². The van der Waals surface area contributed by atoms with E-state index < -0.39 is 6.04 Å². The largest absolute Gasteiger partial charge is 0.338 e. The molecule has 0 unspecified atom stereocenters. The molecule has 0 radical (unpaired) electrons. The molecule has 116 valence electrons. The minimum atomic E-state index is -0.550. The Labute approximate surface area is 132 Å². The highest BCUT2D eigenvalue weighted by molar-refractivity contribution is 5.94. The maximum atomic E-state index is 13.6. The van der Waals surface area contributed by atoms with Crippen molar-refractivity contribution >= 4 is 5.91 Å². The first-order chi connectivity index (χ1) is 11.1. The van der Waals surface area contributed by atoms with Crippen molar-refractivity contribution in [2.75, 3.05) is 0 Å². The highest BCUT2D eigenvalue weighted by Crippen LogP contribution is 2.21. The molecule has 2 aromatic heterocycles. The number of halogens is 1. The first-order valence-electron chi connectivity index (χ1n) is 7.09. The summed E-state index contributed by atoms with van der Waals surface area (Å²) < 4.78 is 15.4. The number of hydrogen-bond acceptors (Lipinski definition) is 3. The van der Waals surface area contributed by atoms with Gasteiger partial charge in [-0.05, 0) is 29.8 Å². The lowest BCUT2D eigenvalue weighted by Crippen LogP contribution is -2.31. The van der Waals surface area contributed by atoms with Crippen molar-refractivity contribution in [3.63, 3.8) is 0 Å². The number of amides is 1. The highest BCUT2D eigenvalue weighted by Gasteiger charge is 2.21. The van der Waals surface area contributed by atoms with Crippen molar-refractivity contribution in [2.24, 2.45) is 7.05 Å². The van der Waals surface area contributed by atoms with Crippen molar-refractivity contribution in [2.45, 2.75) is 6.04 Å². The lowest BCUT2D eigenvalue weighted by molar-refractivity contribution is 0.0941. The number of imidazole rings is 1. The molecule has 5 nitrogen and oxygen atoms in total. The van der Waals surface area contributed by atoms with Crippen LogP contribution in [0.1, 0.15) is 27.8 Å². The van der Waals surface area contributed by atoms with Crippen LogP contribution >= 0.6 is 0 Å². The van der Waals surface area contributed by atoms with E-state index in [0.29, 0.717) is 17.0 Å². The number of nitrogens with zero attached hydrogens (tertiary/aromatic N) is 3. The summed E-state index contributed by atoms with van der Waals surface area (Å²) in [6, 6.07) is 8.82. The second kappa shape index (κ2) is 6.39. The van der Waals surface area contributed by atoms with Crippen LogP contribution in [0.25, 0.3) is 0 Å². The number of carbonyl (C=O) groups is 1. The van der Waals surface area contributed by atoms with Gasteiger partial charge in [-0.25, -0.2) is 9.37 Å². The molecule has 0 bridgehead atoms. The van der Waals surface area contributed by atoms with E-state index in [1.165, 1.54) is 12.1 Å². The van der Waals surface area contributed by atoms with Crippen molar-refractivity contribution in [1.82, 2.24) is 19.9 Å². The molecule has 6 heteroatoms. The van der Waals surface area contributed by atoms with Gasteiger partial charge in [0.25, 0.3) is 5.91 Å². The van der Waals surface area contributed by atoms with Crippen LogP contribution in [0, 0.1) is 5.82 Å². The standard InChI is InChI=1S/C17H15FN4O/c1-22-10-9-20-16(22)15(13-3-2-4-14(18)11-13)21-17(23)12-5-7-19-8-6-12/h2-11,15H,1H3,(H,21,23)/t15-/m0/s1. The van der Waals surface area contributed by atoms with E-state index in [2.05, 4.69) is 15.3 Å². The minimum absolute atomic E-state index is 0.273. The maximum absolute atomic E-state index is 13.6. The number of pyridine rings is 1. The lowest BCUT2D eigenvalue weighted by Gasteiger charge is -2.19. The minimum Gasteiger partial charge on any atom is -0.338 e. The van der Waals surface area contributed by atoms with E-state index in [-0.39, 0.29) is 11.7 Å². The van der Waals surface area contributed by atoms with E-state index in [4.69, 9.17) is 0 Å². The number of aryl methyl sites for hydroxylation is 1. The normalized spacial score (nSPS) is 11.9. The van der Waals surface area contributed by atoms with Crippen LogP contribution in [0.4, 0.5) is 4.39 Å². The third kappa shape index (κ3) is 3.26. The van der Waals surface area contributed by atoms with Gasteiger partial charge in [0, 0.05) is 37.4 Å². The molecule has 1 atom stereocenters. The monoisotopic (exact) mass is 310 g/mol. The van der Waals surface area contributed by atoms with Crippen LogP contribution in [-0.2, 0) is 7.05 Å². The summed E-state index contributed by atoms with van der Waals surface area (Å²) in [5, 5.41) is 2.90. The Morgan fingerprint density at radius 2 is 2.00 bits per heavy atom. The van der Waals surface area contributed by atoms with Gasteiger partial charge in [0.05, 0.1) is 0 Å². The molecule has 0 spiro atoms. The van der Waals surface area contributed by atoms with Gasteiger partial charge in [0.15, 0.2) is 0 Å². The van der Waals surface area contributed by atoms with E-state index >= 15 is 0 Å². The Morgan fingerprint density at radius 1 is 1.22 bits per heavy atom. The predicted octanol–water partition coefficient (Wildman–Crippen LogP) is 2.47. The number of rotatable bonds is 4. The average molecular weight is 310 g/mol. The van der Waals surface area contributed by atoms with E-state index in [0.717, 1.165) is 0 Å². The molecule has 0 saturated carbocycles. The molecule has 23 heavy (non-hydrogen) atoms. The second-order valence-corrected chi connectivity index (χ2v) is 5.09.